The molecule has 0 heterocycles. The third kappa shape index (κ3) is 3.63. The SMILES string of the molecule is CC1CCCC(N=C(N)NO)CC1. The third-order valence-electron chi connectivity index (χ3n) is 2.66. The Bertz CT molecular complexity index is 182. The summed E-state index contributed by atoms with van der Waals surface area (Å²) in [6, 6.07) is 0.296. The molecule has 13 heavy (non-hydrogen) atoms. The average molecular weight is 185 g/mol. The Morgan fingerprint density at radius 1 is 1.38 bits per heavy atom. The third-order valence-corrected chi connectivity index (χ3v) is 2.66. The number of guanidine groups is 1. The van der Waals surface area contributed by atoms with Crippen molar-refractivity contribution in [1.82, 2.24) is 5.48 Å². The van der Waals surface area contributed by atoms with Crippen LogP contribution in [0.2, 0.25) is 0 Å². The summed E-state index contributed by atoms with van der Waals surface area (Å²) in [5.74, 6) is 0.947. The van der Waals surface area contributed by atoms with E-state index in [4.69, 9.17) is 10.9 Å². The fourth-order valence-electron chi connectivity index (χ4n) is 1.82. The predicted molar refractivity (Wildman–Crippen MR) is 52.6 cm³/mol. The van der Waals surface area contributed by atoms with Gasteiger partial charge >= 0.3 is 0 Å². The number of nitrogens with zero attached hydrogens (tertiary/aromatic N) is 1. The zero-order valence-corrected chi connectivity index (χ0v) is 8.16. The summed E-state index contributed by atoms with van der Waals surface area (Å²) in [6.07, 6.45) is 5.90. The molecule has 0 amide bonds. The van der Waals surface area contributed by atoms with Gasteiger partial charge in [0.2, 0.25) is 5.96 Å². The molecule has 0 aliphatic heterocycles. The number of nitrogens with one attached hydrogen (secondary N) is 1. The van der Waals surface area contributed by atoms with Gasteiger partial charge in [0, 0.05) is 0 Å². The lowest BCUT2D eigenvalue weighted by Gasteiger charge is -2.09. The van der Waals surface area contributed by atoms with Crippen LogP contribution in [0.3, 0.4) is 0 Å². The van der Waals surface area contributed by atoms with Crippen LogP contribution in [-0.2, 0) is 0 Å². The number of rotatable bonds is 1. The van der Waals surface area contributed by atoms with E-state index in [1.54, 1.807) is 0 Å². The molecule has 1 saturated carbocycles. The fraction of sp³-hybridized carbons (Fsp3) is 0.889. The Labute approximate surface area is 79.2 Å². The number of aliphatic imine (C=N–C) groups is 1. The largest absolute Gasteiger partial charge is 0.368 e. The molecule has 0 aromatic carbocycles. The lowest BCUT2D eigenvalue weighted by Crippen LogP contribution is -2.30. The second kappa shape index (κ2) is 5.07. The summed E-state index contributed by atoms with van der Waals surface area (Å²) in [7, 11) is 0. The molecule has 0 aromatic rings. The summed E-state index contributed by atoms with van der Waals surface area (Å²) < 4.78 is 0. The Morgan fingerprint density at radius 2 is 2.15 bits per heavy atom. The van der Waals surface area contributed by atoms with Crippen molar-refractivity contribution in [1.29, 1.82) is 0 Å². The van der Waals surface area contributed by atoms with E-state index in [-0.39, 0.29) is 5.96 Å². The molecule has 0 bridgehead atoms. The maximum Gasteiger partial charge on any atom is 0.213 e. The Hall–Kier alpha value is -0.770. The molecule has 4 nitrogen and oxygen atoms in total. The van der Waals surface area contributed by atoms with E-state index in [0.717, 1.165) is 18.8 Å². The van der Waals surface area contributed by atoms with Gasteiger partial charge in [0.05, 0.1) is 6.04 Å². The molecule has 4 N–H and O–H groups in total. The van der Waals surface area contributed by atoms with E-state index in [9.17, 15) is 0 Å². The summed E-state index contributed by atoms with van der Waals surface area (Å²) >= 11 is 0. The summed E-state index contributed by atoms with van der Waals surface area (Å²) in [5, 5.41) is 8.48. The van der Waals surface area contributed by atoms with Gasteiger partial charge in [-0.15, -0.1) is 0 Å². The second-order valence-corrected chi connectivity index (χ2v) is 3.89. The molecule has 76 valence electrons. The van der Waals surface area contributed by atoms with E-state index in [2.05, 4.69) is 11.9 Å². The molecule has 4 heteroatoms. The monoisotopic (exact) mass is 185 g/mol. The highest BCUT2D eigenvalue weighted by Crippen LogP contribution is 2.24. The molecule has 0 spiro atoms. The van der Waals surface area contributed by atoms with Gasteiger partial charge in [-0.2, -0.15) is 0 Å². The van der Waals surface area contributed by atoms with Crippen LogP contribution in [0.1, 0.15) is 39.0 Å². The van der Waals surface area contributed by atoms with Crippen LogP contribution in [0.25, 0.3) is 0 Å². The van der Waals surface area contributed by atoms with Gasteiger partial charge in [-0.3, -0.25) is 5.21 Å². The Balaban J connectivity index is 2.42. The lowest BCUT2D eigenvalue weighted by molar-refractivity contribution is 0.232. The van der Waals surface area contributed by atoms with Gasteiger partial charge in [-0.25, -0.2) is 10.5 Å². The van der Waals surface area contributed by atoms with Crippen LogP contribution in [-0.4, -0.2) is 17.2 Å². The number of hydrogen-bond acceptors (Lipinski definition) is 2. The molecule has 1 aliphatic rings. The van der Waals surface area contributed by atoms with Crippen molar-refractivity contribution in [2.24, 2.45) is 16.6 Å². The zero-order chi connectivity index (χ0) is 9.68. The van der Waals surface area contributed by atoms with E-state index >= 15 is 0 Å². The number of hydroxylamine groups is 1. The summed E-state index contributed by atoms with van der Waals surface area (Å²) in [5.41, 5.74) is 7.25. The quantitative estimate of drug-likeness (QED) is 0.249. The minimum Gasteiger partial charge on any atom is -0.368 e. The van der Waals surface area contributed by atoms with Crippen molar-refractivity contribution < 1.29 is 5.21 Å². The van der Waals surface area contributed by atoms with Crippen molar-refractivity contribution in [3.8, 4) is 0 Å². The number of hydrogen-bond donors (Lipinski definition) is 3. The predicted octanol–water partition coefficient (Wildman–Crippen LogP) is 1.25. The van der Waals surface area contributed by atoms with Gasteiger partial charge in [0.15, 0.2) is 0 Å². The first-order valence-electron chi connectivity index (χ1n) is 4.95. The second-order valence-electron chi connectivity index (χ2n) is 3.89. The highest BCUT2D eigenvalue weighted by molar-refractivity contribution is 5.76. The molecular weight excluding hydrogens is 166 g/mol. The topological polar surface area (TPSA) is 70.6 Å². The van der Waals surface area contributed by atoms with Crippen molar-refractivity contribution in [3.05, 3.63) is 0 Å². The molecule has 0 aromatic heterocycles. The van der Waals surface area contributed by atoms with Crippen molar-refractivity contribution >= 4 is 5.96 Å². The molecule has 1 rings (SSSR count). The van der Waals surface area contributed by atoms with E-state index in [1.807, 2.05) is 5.48 Å². The molecule has 0 radical (unpaired) electrons. The van der Waals surface area contributed by atoms with Gasteiger partial charge in [0.1, 0.15) is 0 Å². The first-order valence-corrected chi connectivity index (χ1v) is 4.95. The Kier molecular flexibility index (Phi) is 4.02. The molecule has 1 fully saturated rings. The first kappa shape index (κ1) is 10.3. The van der Waals surface area contributed by atoms with Gasteiger partial charge in [-0.05, 0) is 25.2 Å². The highest BCUT2D eigenvalue weighted by atomic mass is 16.5. The number of nitrogens with two attached hydrogens (primary N) is 1. The molecule has 1 aliphatic carbocycles. The van der Waals surface area contributed by atoms with Crippen LogP contribution in [0.4, 0.5) is 0 Å². The van der Waals surface area contributed by atoms with E-state index < -0.39 is 0 Å². The normalized spacial score (nSPS) is 31.1. The van der Waals surface area contributed by atoms with Crippen LogP contribution in [0.15, 0.2) is 4.99 Å². The molecule has 2 atom stereocenters. The van der Waals surface area contributed by atoms with E-state index in [0.29, 0.717) is 6.04 Å². The average Bonchev–Trinajstić information content (AvgIpc) is 2.31. The fourth-order valence-corrected chi connectivity index (χ4v) is 1.82. The first-order chi connectivity index (χ1) is 6.22. The van der Waals surface area contributed by atoms with Crippen LogP contribution >= 0.6 is 0 Å². The van der Waals surface area contributed by atoms with Crippen LogP contribution in [0, 0.1) is 5.92 Å². The zero-order valence-electron chi connectivity index (χ0n) is 8.16. The standard InChI is InChI=1S/C9H19N3O/c1-7-3-2-4-8(6-5-7)11-9(10)12-13/h7-8,13H,2-6H2,1H3,(H3,10,11,12). The Morgan fingerprint density at radius 3 is 2.85 bits per heavy atom. The van der Waals surface area contributed by atoms with Gasteiger partial charge < -0.3 is 5.73 Å². The van der Waals surface area contributed by atoms with Crippen molar-refractivity contribution in [2.75, 3.05) is 0 Å². The van der Waals surface area contributed by atoms with E-state index in [1.165, 1.54) is 19.3 Å². The van der Waals surface area contributed by atoms with Crippen molar-refractivity contribution in [2.45, 2.75) is 45.1 Å². The summed E-state index contributed by atoms with van der Waals surface area (Å²) in [6.45, 7) is 2.28. The maximum atomic E-state index is 8.48. The van der Waals surface area contributed by atoms with Crippen LogP contribution in [0.5, 0.6) is 0 Å². The smallest absolute Gasteiger partial charge is 0.213 e. The highest BCUT2D eigenvalue weighted by Gasteiger charge is 2.15. The minimum absolute atomic E-state index is 0.138. The molecule has 2 unspecified atom stereocenters. The molecule has 0 saturated heterocycles. The lowest BCUT2D eigenvalue weighted by atomic mass is 10.0. The molecular formula is C9H19N3O. The van der Waals surface area contributed by atoms with Gasteiger partial charge in [-0.1, -0.05) is 19.8 Å². The van der Waals surface area contributed by atoms with Crippen molar-refractivity contribution in [3.63, 3.8) is 0 Å². The van der Waals surface area contributed by atoms with Gasteiger partial charge in [0.25, 0.3) is 0 Å². The summed E-state index contributed by atoms with van der Waals surface area (Å²) in [4.78, 5) is 4.18. The van der Waals surface area contributed by atoms with Crippen LogP contribution < -0.4 is 11.2 Å². The minimum atomic E-state index is 0.138. The maximum absolute atomic E-state index is 8.48.